The van der Waals surface area contributed by atoms with Crippen LogP contribution in [0, 0.1) is 5.92 Å². The van der Waals surface area contributed by atoms with Crippen LogP contribution >= 0.6 is 0 Å². The molecule has 0 aromatic rings. The molecule has 0 saturated heterocycles. The molecule has 0 atom stereocenters. The number of rotatable bonds is 7. The van der Waals surface area contributed by atoms with E-state index in [1.807, 2.05) is 0 Å². The lowest BCUT2D eigenvalue weighted by molar-refractivity contribution is -0.366. The highest BCUT2D eigenvalue weighted by atomic mass is 32.2. The monoisotopic (exact) mass is 265 g/mol. The number of aliphatic carboxylic acids is 1. The summed E-state index contributed by atoms with van der Waals surface area (Å²) in [6.07, 6.45) is 0.382. The number of carbonyl (C=O) groups excluding carboxylic acids is 1. The minimum atomic E-state index is -4.09. The molecule has 0 radical (unpaired) electrons. The van der Waals surface area contributed by atoms with E-state index in [-0.39, 0.29) is 17.9 Å². The van der Waals surface area contributed by atoms with Gasteiger partial charge >= 0.3 is 0 Å². The zero-order valence-electron chi connectivity index (χ0n) is 10.1. The molecule has 100 valence electrons. The lowest BCUT2D eigenvalue weighted by Gasteiger charge is -2.18. The molecular formula is C10H19NO5S. The van der Waals surface area contributed by atoms with Gasteiger partial charge in [0.1, 0.15) is 0 Å². The highest BCUT2D eigenvalue weighted by molar-refractivity contribution is 7.85. The van der Waals surface area contributed by atoms with Crippen molar-refractivity contribution >= 4 is 16.1 Å². The molecule has 0 saturated carbocycles. The fraction of sp³-hybridized carbons (Fsp3) is 0.700. The van der Waals surface area contributed by atoms with E-state index < -0.39 is 21.8 Å². The van der Waals surface area contributed by atoms with E-state index in [9.17, 15) is 18.3 Å². The van der Waals surface area contributed by atoms with Crippen LogP contribution in [0.5, 0.6) is 0 Å². The molecule has 0 amide bonds. The molecule has 0 fully saturated rings. The van der Waals surface area contributed by atoms with Gasteiger partial charge in [0.05, 0.1) is 18.3 Å². The first-order chi connectivity index (χ1) is 7.69. The molecule has 0 aliphatic heterocycles. The van der Waals surface area contributed by atoms with Gasteiger partial charge in [0.25, 0.3) is 10.1 Å². The van der Waals surface area contributed by atoms with E-state index in [1.54, 1.807) is 13.8 Å². The van der Waals surface area contributed by atoms with Gasteiger partial charge in [0.2, 0.25) is 0 Å². The predicted octanol–water partition coefficient (Wildman–Crippen LogP) is -1.40. The Kier molecular flexibility index (Phi) is 6.36. The minimum Gasteiger partial charge on any atom is -0.545 e. The van der Waals surface area contributed by atoms with E-state index in [0.717, 1.165) is 0 Å². The Morgan fingerprint density at radius 2 is 1.88 bits per heavy atom. The first-order valence-electron chi connectivity index (χ1n) is 5.36. The standard InChI is InChI=1S/C10H19NO5S/c1-7(2)9(10(12)13)8(3-5-11)4-6-17(14,15)16/h7H,3-6,11H2,1-2H3,(H,12,13)(H,14,15,16). The largest absolute Gasteiger partial charge is 0.545 e. The van der Waals surface area contributed by atoms with E-state index in [2.05, 4.69) is 5.73 Å². The fourth-order valence-corrected chi connectivity index (χ4v) is 2.15. The normalized spacial score (nSPS) is 13.7. The molecule has 0 bridgehead atoms. The predicted molar refractivity (Wildman–Crippen MR) is 60.3 cm³/mol. The van der Waals surface area contributed by atoms with Crippen molar-refractivity contribution < 1.29 is 28.6 Å². The molecule has 7 heteroatoms. The summed E-state index contributed by atoms with van der Waals surface area (Å²) in [5, 5.41) is 11.0. The molecule has 0 aliphatic rings. The zero-order valence-corrected chi connectivity index (χ0v) is 10.9. The average Bonchev–Trinajstić information content (AvgIpc) is 2.12. The third kappa shape index (κ3) is 6.40. The van der Waals surface area contributed by atoms with Gasteiger partial charge in [-0.2, -0.15) is 8.42 Å². The van der Waals surface area contributed by atoms with Crippen molar-refractivity contribution in [2.75, 3.05) is 12.3 Å². The summed E-state index contributed by atoms with van der Waals surface area (Å²) in [5.41, 5.74) is 4.20. The molecule has 0 unspecified atom stereocenters. The maximum Gasteiger partial charge on any atom is 0.265 e. The highest BCUT2D eigenvalue weighted by Gasteiger charge is 2.15. The zero-order chi connectivity index (χ0) is 13.6. The third-order valence-electron chi connectivity index (χ3n) is 2.32. The first kappa shape index (κ1) is 16.1. The molecule has 0 spiro atoms. The van der Waals surface area contributed by atoms with Gasteiger partial charge in [-0.05, 0) is 17.9 Å². The van der Waals surface area contributed by atoms with Gasteiger partial charge in [-0.3, -0.25) is 4.55 Å². The van der Waals surface area contributed by atoms with Crippen molar-refractivity contribution in [1.82, 2.24) is 0 Å². The van der Waals surface area contributed by atoms with E-state index in [1.165, 1.54) is 0 Å². The molecule has 0 rings (SSSR count). The second-order valence-corrected chi connectivity index (χ2v) is 5.67. The Labute approximate surface area is 101 Å². The summed E-state index contributed by atoms with van der Waals surface area (Å²) in [4.78, 5) is 11.0. The fourth-order valence-electron chi connectivity index (χ4n) is 1.65. The Balaban J connectivity index is 5.15. The number of quaternary nitrogens is 1. The van der Waals surface area contributed by atoms with Crippen LogP contribution in [-0.4, -0.2) is 31.2 Å². The number of hydrogen-bond donors (Lipinski definition) is 2. The minimum absolute atomic E-state index is 0.00412. The Hall–Kier alpha value is -0.920. The van der Waals surface area contributed by atoms with Crippen molar-refractivity contribution in [2.24, 2.45) is 5.92 Å². The molecule has 0 aliphatic carbocycles. The summed E-state index contributed by atoms with van der Waals surface area (Å²) in [6.45, 7) is 3.85. The topological polar surface area (TPSA) is 122 Å². The number of hydrogen-bond acceptors (Lipinski definition) is 4. The van der Waals surface area contributed by atoms with Gasteiger partial charge in [0.15, 0.2) is 0 Å². The molecule has 0 aromatic heterocycles. The van der Waals surface area contributed by atoms with Gasteiger partial charge in [-0.1, -0.05) is 19.4 Å². The first-order valence-corrected chi connectivity index (χ1v) is 6.97. The van der Waals surface area contributed by atoms with Crippen molar-refractivity contribution in [2.45, 2.75) is 26.7 Å². The maximum atomic E-state index is 11.0. The molecular weight excluding hydrogens is 246 g/mol. The Morgan fingerprint density at radius 1 is 1.35 bits per heavy atom. The maximum absolute atomic E-state index is 11.0. The number of carbonyl (C=O) groups is 1. The van der Waals surface area contributed by atoms with E-state index in [4.69, 9.17) is 4.55 Å². The highest BCUT2D eigenvalue weighted by Crippen LogP contribution is 2.20. The van der Waals surface area contributed by atoms with Gasteiger partial charge in [-0.25, -0.2) is 0 Å². The Morgan fingerprint density at radius 3 is 2.18 bits per heavy atom. The van der Waals surface area contributed by atoms with Crippen LogP contribution in [0.15, 0.2) is 11.1 Å². The number of carboxylic acid groups (broad SMARTS) is 1. The Bertz CT molecular complexity index is 397. The van der Waals surface area contributed by atoms with Gasteiger partial charge in [-0.15, -0.1) is 0 Å². The van der Waals surface area contributed by atoms with Crippen LogP contribution in [0.3, 0.4) is 0 Å². The van der Waals surface area contributed by atoms with Crippen LogP contribution in [-0.2, 0) is 14.9 Å². The van der Waals surface area contributed by atoms with Crippen LogP contribution in [0.4, 0.5) is 0 Å². The van der Waals surface area contributed by atoms with Crippen LogP contribution in [0.25, 0.3) is 0 Å². The lowest BCUT2D eigenvalue weighted by atomic mass is 9.94. The lowest BCUT2D eigenvalue weighted by Crippen LogP contribution is -2.50. The van der Waals surface area contributed by atoms with Crippen LogP contribution in [0.2, 0.25) is 0 Å². The van der Waals surface area contributed by atoms with Gasteiger partial charge < -0.3 is 15.6 Å². The quantitative estimate of drug-likeness (QED) is 0.433. The van der Waals surface area contributed by atoms with Gasteiger partial charge in [0, 0.05) is 6.42 Å². The van der Waals surface area contributed by atoms with Crippen LogP contribution < -0.4 is 10.8 Å². The van der Waals surface area contributed by atoms with Crippen molar-refractivity contribution in [3.05, 3.63) is 11.1 Å². The summed E-state index contributed by atoms with van der Waals surface area (Å²) < 4.78 is 30.0. The van der Waals surface area contributed by atoms with E-state index in [0.29, 0.717) is 18.5 Å². The second kappa shape index (κ2) is 6.73. The molecule has 0 heterocycles. The molecule has 0 aromatic carbocycles. The second-order valence-electron chi connectivity index (χ2n) is 4.10. The smallest absolute Gasteiger partial charge is 0.265 e. The molecule has 6 nitrogen and oxygen atoms in total. The molecule has 17 heavy (non-hydrogen) atoms. The summed E-state index contributed by atoms with van der Waals surface area (Å²) >= 11 is 0. The van der Waals surface area contributed by atoms with Crippen LogP contribution in [0.1, 0.15) is 26.7 Å². The summed E-state index contributed by atoms with van der Waals surface area (Å²) in [5.74, 6) is -2.03. The average molecular weight is 265 g/mol. The summed E-state index contributed by atoms with van der Waals surface area (Å²) in [6, 6.07) is 0. The SMILES string of the molecule is CC(C)C(C(=O)[O-])=C(CC[NH3+])CCS(=O)(=O)O. The summed E-state index contributed by atoms with van der Waals surface area (Å²) in [7, 11) is -4.09. The van der Waals surface area contributed by atoms with E-state index >= 15 is 0 Å². The van der Waals surface area contributed by atoms with Crippen molar-refractivity contribution in [3.63, 3.8) is 0 Å². The van der Waals surface area contributed by atoms with Crippen molar-refractivity contribution in [1.29, 1.82) is 0 Å². The van der Waals surface area contributed by atoms with Crippen molar-refractivity contribution in [3.8, 4) is 0 Å². The third-order valence-corrected chi connectivity index (χ3v) is 3.04. The molecule has 4 N–H and O–H groups in total. The number of carboxylic acids is 1.